The van der Waals surface area contributed by atoms with Gasteiger partial charge < -0.3 is 20.3 Å². The van der Waals surface area contributed by atoms with Crippen molar-refractivity contribution in [3.63, 3.8) is 0 Å². The second kappa shape index (κ2) is 13.7. The molecule has 0 fully saturated rings. The van der Waals surface area contributed by atoms with Crippen molar-refractivity contribution in [3.05, 3.63) is 35.9 Å². The quantitative estimate of drug-likeness (QED) is 0.346. The smallest absolute Gasteiger partial charge is 0.190 e. The fraction of sp³-hybridized carbons (Fsp3) is 0.650. The molecule has 1 atom stereocenters. The number of hydrogen-bond donors (Lipinski definition) is 2. The lowest BCUT2D eigenvalue weighted by molar-refractivity contribution is 0.0931. The van der Waals surface area contributed by atoms with Gasteiger partial charge in [-0.15, -0.1) is 0 Å². The first-order valence-electron chi connectivity index (χ1n) is 9.48. The number of guanidine groups is 1. The van der Waals surface area contributed by atoms with Crippen LogP contribution in [0.2, 0.25) is 0 Å². The van der Waals surface area contributed by atoms with Gasteiger partial charge in [-0.25, -0.2) is 0 Å². The van der Waals surface area contributed by atoms with Crippen LogP contribution in [-0.4, -0.2) is 57.2 Å². The van der Waals surface area contributed by atoms with Crippen LogP contribution in [0, 0.1) is 5.92 Å². The van der Waals surface area contributed by atoms with E-state index in [0.717, 1.165) is 51.7 Å². The minimum atomic E-state index is 0.429. The Morgan fingerprint density at radius 1 is 1.16 bits per heavy atom. The number of rotatable bonds is 12. The highest BCUT2D eigenvalue weighted by molar-refractivity contribution is 5.79. The lowest BCUT2D eigenvalue weighted by Gasteiger charge is -2.19. The Morgan fingerprint density at radius 2 is 1.88 bits per heavy atom. The topological polar surface area (TPSA) is 48.9 Å². The van der Waals surface area contributed by atoms with E-state index in [2.05, 4.69) is 53.4 Å². The minimum Gasteiger partial charge on any atom is -0.376 e. The van der Waals surface area contributed by atoms with Gasteiger partial charge in [-0.3, -0.25) is 4.99 Å². The number of ether oxygens (including phenoxy) is 1. The molecule has 142 valence electrons. The lowest BCUT2D eigenvalue weighted by Crippen LogP contribution is -2.41. The van der Waals surface area contributed by atoms with Gasteiger partial charge in [-0.05, 0) is 37.5 Å². The van der Waals surface area contributed by atoms with Crippen LogP contribution < -0.4 is 10.6 Å². The van der Waals surface area contributed by atoms with Crippen LogP contribution in [0.25, 0.3) is 0 Å². The van der Waals surface area contributed by atoms with Gasteiger partial charge in [0, 0.05) is 20.1 Å². The third kappa shape index (κ3) is 10.1. The second-order valence-corrected chi connectivity index (χ2v) is 6.37. The highest BCUT2D eigenvalue weighted by Gasteiger charge is 2.05. The molecule has 1 aromatic rings. The summed E-state index contributed by atoms with van der Waals surface area (Å²) >= 11 is 0. The molecule has 0 spiro atoms. The molecule has 0 aliphatic carbocycles. The van der Waals surface area contributed by atoms with Crippen molar-refractivity contribution >= 4 is 5.96 Å². The van der Waals surface area contributed by atoms with E-state index in [0.29, 0.717) is 12.5 Å². The van der Waals surface area contributed by atoms with Crippen LogP contribution in [0.5, 0.6) is 0 Å². The molecule has 0 heterocycles. The van der Waals surface area contributed by atoms with Crippen LogP contribution in [-0.2, 0) is 11.3 Å². The van der Waals surface area contributed by atoms with Crippen molar-refractivity contribution in [2.75, 3.05) is 46.4 Å². The molecule has 0 saturated carbocycles. The molecule has 5 nitrogen and oxygen atoms in total. The second-order valence-electron chi connectivity index (χ2n) is 6.37. The third-order valence-corrected chi connectivity index (χ3v) is 4.19. The number of nitrogens with one attached hydrogen (secondary N) is 2. The maximum absolute atomic E-state index is 5.79. The van der Waals surface area contributed by atoms with Gasteiger partial charge in [0.1, 0.15) is 0 Å². The highest BCUT2D eigenvalue weighted by atomic mass is 16.5. The Bertz CT molecular complexity index is 460. The third-order valence-electron chi connectivity index (χ3n) is 4.19. The van der Waals surface area contributed by atoms with Crippen molar-refractivity contribution in [1.82, 2.24) is 15.5 Å². The lowest BCUT2D eigenvalue weighted by atomic mass is 10.2. The predicted molar refractivity (Wildman–Crippen MR) is 107 cm³/mol. The number of hydrogen-bond acceptors (Lipinski definition) is 3. The fourth-order valence-electron chi connectivity index (χ4n) is 2.55. The molecule has 1 unspecified atom stereocenters. The average molecular weight is 349 g/mol. The summed E-state index contributed by atoms with van der Waals surface area (Å²) in [4.78, 5) is 6.72. The molecule has 0 bridgehead atoms. The Hall–Kier alpha value is -1.59. The van der Waals surface area contributed by atoms with E-state index in [4.69, 9.17) is 4.74 Å². The molecular weight excluding hydrogens is 312 g/mol. The zero-order chi connectivity index (χ0) is 18.3. The number of aliphatic imine (C=N–C) groups is 1. The van der Waals surface area contributed by atoms with E-state index >= 15 is 0 Å². The molecule has 0 aromatic heterocycles. The van der Waals surface area contributed by atoms with Gasteiger partial charge >= 0.3 is 0 Å². The SMILES string of the molecule is CCN(CC)CCCNC(=NC)NCC(C)COCc1ccccc1. The Morgan fingerprint density at radius 3 is 2.52 bits per heavy atom. The Balaban J connectivity index is 2.12. The molecule has 25 heavy (non-hydrogen) atoms. The Labute approximate surface area is 153 Å². The zero-order valence-corrected chi connectivity index (χ0v) is 16.4. The van der Waals surface area contributed by atoms with Gasteiger partial charge in [0.25, 0.3) is 0 Å². The van der Waals surface area contributed by atoms with E-state index in [9.17, 15) is 0 Å². The summed E-state index contributed by atoms with van der Waals surface area (Å²) in [5, 5.41) is 6.76. The molecule has 0 saturated heterocycles. The highest BCUT2D eigenvalue weighted by Crippen LogP contribution is 2.02. The van der Waals surface area contributed by atoms with E-state index in [1.54, 1.807) is 0 Å². The van der Waals surface area contributed by atoms with Crippen LogP contribution in [0.3, 0.4) is 0 Å². The van der Waals surface area contributed by atoms with Gasteiger partial charge in [0.15, 0.2) is 5.96 Å². The first-order valence-corrected chi connectivity index (χ1v) is 9.48. The van der Waals surface area contributed by atoms with Crippen molar-refractivity contribution < 1.29 is 4.74 Å². The van der Waals surface area contributed by atoms with Crippen LogP contribution in [0.1, 0.15) is 32.8 Å². The fourth-order valence-corrected chi connectivity index (χ4v) is 2.55. The summed E-state index contributed by atoms with van der Waals surface area (Å²) in [6.07, 6.45) is 1.12. The summed E-state index contributed by atoms with van der Waals surface area (Å²) < 4.78 is 5.79. The van der Waals surface area contributed by atoms with Gasteiger partial charge in [-0.1, -0.05) is 51.1 Å². The molecule has 2 N–H and O–H groups in total. The summed E-state index contributed by atoms with van der Waals surface area (Å²) in [6.45, 7) is 13.2. The number of benzene rings is 1. The van der Waals surface area contributed by atoms with E-state index in [1.807, 2.05) is 25.2 Å². The summed E-state index contributed by atoms with van der Waals surface area (Å²) in [7, 11) is 1.82. The van der Waals surface area contributed by atoms with Crippen LogP contribution in [0.15, 0.2) is 35.3 Å². The van der Waals surface area contributed by atoms with Crippen molar-refractivity contribution in [1.29, 1.82) is 0 Å². The monoisotopic (exact) mass is 348 g/mol. The molecule has 1 rings (SSSR count). The first kappa shape index (κ1) is 21.5. The van der Waals surface area contributed by atoms with E-state index in [-0.39, 0.29) is 0 Å². The largest absolute Gasteiger partial charge is 0.376 e. The maximum atomic E-state index is 5.79. The van der Waals surface area contributed by atoms with Crippen LogP contribution >= 0.6 is 0 Å². The summed E-state index contributed by atoms with van der Waals surface area (Å²) in [5.41, 5.74) is 1.22. The molecule has 5 heteroatoms. The van der Waals surface area contributed by atoms with Crippen molar-refractivity contribution in [2.24, 2.45) is 10.9 Å². The van der Waals surface area contributed by atoms with Gasteiger partial charge in [0.2, 0.25) is 0 Å². The molecule has 0 amide bonds. The molecule has 0 radical (unpaired) electrons. The normalized spacial score (nSPS) is 13.1. The average Bonchev–Trinajstić information content (AvgIpc) is 2.65. The predicted octanol–water partition coefficient (Wildman–Crippen LogP) is 2.74. The van der Waals surface area contributed by atoms with E-state index < -0.39 is 0 Å². The van der Waals surface area contributed by atoms with Gasteiger partial charge in [0.05, 0.1) is 13.2 Å². The zero-order valence-electron chi connectivity index (χ0n) is 16.4. The first-order chi connectivity index (χ1) is 12.2. The summed E-state index contributed by atoms with van der Waals surface area (Å²) in [5.74, 6) is 1.30. The molecule has 0 aliphatic rings. The standard InChI is InChI=1S/C20H36N4O/c1-5-24(6-2)14-10-13-22-20(21-4)23-15-18(3)16-25-17-19-11-8-7-9-12-19/h7-9,11-12,18H,5-6,10,13-17H2,1-4H3,(H2,21,22,23). The van der Waals surface area contributed by atoms with Crippen LogP contribution in [0.4, 0.5) is 0 Å². The molecular formula is C20H36N4O. The van der Waals surface area contributed by atoms with E-state index in [1.165, 1.54) is 5.56 Å². The van der Waals surface area contributed by atoms with Crippen molar-refractivity contribution in [2.45, 2.75) is 33.8 Å². The number of nitrogens with zero attached hydrogens (tertiary/aromatic N) is 2. The molecule has 1 aromatic carbocycles. The van der Waals surface area contributed by atoms with Gasteiger partial charge in [-0.2, -0.15) is 0 Å². The Kier molecular flexibility index (Phi) is 11.7. The van der Waals surface area contributed by atoms with Crippen molar-refractivity contribution in [3.8, 4) is 0 Å². The molecule has 0 aliphatic heterocycles. The maximum Gasteiger partial charge on any atom is 0.190 e. The summed E-state index contributed by atoms with van der Waals surface area (Å²) in [6, 6.07) is 10.3. The minimum absolute atomic E-state index is 0.429.